The molecular formula is C28H36N4O3S. The minimum atomic E-state index is -0.392. The number of hydrogen-bond acceptors (Lipinski definition) is 7. The van der Waals surface area contributed by atoms with Gasteiger partial charge in [0, 0.05) is 44.7 Å². The molecule has 3 aliphatic carbocycles. The van der Waals surface area contributed by atoms with Gasteiger partial charge in [-0.15, -0.1) is 0 Å². The number of likely N-dealkylation sites (tertiary alicyclic amines) is 1. The highest BCUT2D eigenvalue weighted by Gasteiger charge is 2.63. The molecule has 2 saturated heterocycles. The number of anilines is 1. The van der Waals surface area contributed by atoms with Gasteiger partial charge in [0.05, 0.1) is 22.6 Å². The highest BCUT2D eigenvalue weighted by atomic mass is 32.1. The minimum Gasteiger partial charge on any atom is -0.393 e. The maximum atomic E-state index is 13.3. The van der Waals surface area contributed by atoms with Crippen LogP contribution in [-0.2, 0) is 9.59 Å². The number of carbonyl (C=O) groups is 2. The van der Waals surface area contributed by atoms with E-state index in [9.17, 15) is 14.7 Å². The molecule has 7 unspecified atom stereocenters. The Balaban J connectivity index is 0.988. The van der Waals surface area contributed by atoms with E-state index in [0.29, 0.717) is 24.8 Å². The van der Waals surface area contributed by atoms with Crippen molar-refractivity contribution in [3.05, 3.63) is 24.3 Å². The summed E-state index contributed by atoms with van der Waals surface area (Å²) < 4.78 is 6.00. The van der Waals surface area contributed by atoms with Crippen molar-refractivity contribution >= 4 is 39.3 Å². The van der Waals surface area contributed by atoms with Crippen molar-refractivity contribution < 1.29 is 14.7 Å². The number of imide groups is 1. The fourth-order valence-corrected chi connectivity index (χ4v) is 9.04. The first-order valence-electron chi connectivity index (χ1n) is 13.9. The highest BCUT2D eigenvalue weighted by Crippen LogP contribution is 2.56. The quantitative estimate of drug-likeness (QED) is 0.625. The fourth-order valence-electron chi connectivity index (χ4n) is 8.24. The van der Waals surface area contributed by atoms with Crippen LogP contribution in [0.15, 0.2) is 24.3 Å². The van der Waals surface area contributed by atoms with Crippen LogP contribution in [0.2, 0.25) is 0 Å². The van der Waals surface area contributed by atoms with Gasteiger partial charge in [0.2, 0.25) is 11.8 Å². The first-order valence-corrected chi connectivity index (χ1v) is 14.7. The third-order valence-electron chi connectivity index (χ3n) is 10.1. The van der Waals surface area contributed by atoms with Gasteiger partial charge in [0.15, 0.2) is 0 Å². The van der Waals surface area contributed by atoms with E-state index in [0.717, 1.165) is 51.4 Å². The summed E-state index contributed by atoms with van der Waals surface area (Å²) >= 11 is 1.58. The first kappa shape index (κ1) is 23.1. The molecule has 8 heteroatoms. The van der Waals surface area contributed by atoms with Crippen molar-refractivity contribution in [3.63, 3.8) is 0 Å². The fraction of sp³-hybridized carbons (Fsp3) is 0.679. The number of aliphatic hydroxyl groups is 1. The molecule has 1 aromatic carbocycles. The van der Waals surface area contributed by atoms with Crippen LogP contribution in [0.3, 0.4) is 0 Å². The molecule has 1 aromatic heterocycles. The standard InChI is InChI=1S/C28H36N4O3S/c33-22-14-19-13-21(22)25-24(19)27(34)32(28(25)35)16-18-6-2-1-5-17(18)15-30-9-11-31(12-10-30)26-20-7-3-4-8-23(20)36-29-26/h3-4,7-8,17-19,21-22,24-25,33H,1-2,5-6,9-16H2. The van der Waals surface area contributed by atoms with Crippen LogP contribution in [0.5, 0.6) is 0 Å². The van der Waals surface area contributed by atoms with Crippen LogP contribution < -0.4 is 4.90 Å². The van der Waals surface area contributed by atoms with Crippen molar-refractivity contribution in [1.29, 1.82) is 0 Å². The molecule has 2 bridgehead atoms. The number of carbonyl (C=O) groups excluding carboxylic acids is 2. The van der Waals surface area contributed by atoms with Crippen molar-refractivity contribution in [1.82, 2.24) is 14.2 Å². The number of nitrogens with zero attached hydrogens (tertiary/aromatic N) is 4. The lowest BCUT2D eigenvalue weighted by Crippen LogP contribution is -2.49. The van der Waals surface area contributed by atoms with E-state index >= 15 is 0 Å². The second kappa shape index (κ2) is 9.07. The third kappa shape index (κ3) is 3.71. The van der Waals surface area contributed by atoms with Gasteiger partial charge in [-0.2, -0.15) is 4.37 Å². The summed E-state index contributed by atoms with van der Waals surface area (Å²) in [5.41, 5.74) is 0. The Morgan fingerprint density at radius 2 is 1.64 bits per heavy atom. The lowest BCUT2D eigenvalue weighted by atomic mass is 9.78. The summed E-state index contributed by atoms with van der Waals surface area (Å²) in [7, 11) is 0. The number of piperazine rings is 1. The Hall–Kier alpha value is -2.03. The van der Waals surface area contributed by atoms with E-state index in [2.05, 4.69) is 34.1 Å². The molecule has 7 rings (SSSR count). The predicted octanol–water partition coefficient (Wildman–Crippen LogP) is 3.23. The zero-order valence-electron chi connectivity index (χ0n) is 20.8. The molecule has 7 nitrogen and oxygen atoms in total. The zero-order valence-corrected chi connectivity index (χ0v) is 21.6. The molecule has 5 fully saturated rings. The number of aliphatic hydroxyl groups excluding tert-OH is 1. The van der Waals surface area contributed by atoms with Gasteiger partial charge >= 0.3 is 0 Å². The molecule has 3 saturated carbocycles. The third-order valence-corrected chi connectivity index (χ3v) is 10.9. The van der Waals surface area contributed by atoms with Gasteiger partial charge in [-0.1, -0.05) is 25.0 Å². The van der Waals surface area contributed by atoms with Gasteiger partial charge < -0.3 is 10.0 Å². The zero-order chi connectivity index (χ0) is 24.4. The van der Waals surface area contributed by atoms with Gasteiger partial charge in [0.25, 0.3) is 0 Å². The molecule has 2 aliphatic heterocycles. The van der Waals surface area contributed by atoms with Crippen LogP contribution in [0.1, 0.15) is 38.5 Å². The van der Waals surface area contributed by atoms with E-state index in [1.165, 1.54) is 29.3 Å². The number of fused-ring (bicyclic) bond motifs is 6. The summed E-state index contributed by atoms with van der Waals surface area (Å²) in [5.74, 6) is 1.97. The van der Waals surface area contributed by atoms with E-state index in [1.54, 1.807) is 16.4 Å². The summed E-state index contributed by atoms with van der Waals surface area (Å²) in [6.07, 6.45) is 5.90. The second-order valence-electron chi connectivity index (χ2n) is 11.9. The molecule has 2 aromatic rings. The number of amides is 2. The number of aromatic nitrogens is 1. The van der Waals surface area contributed by atoms with Crippen molar-refractivity contribution in [3.8, 4) is 0 Å². The number of rotatable bonds is 5. The maximum absolute atomic E-state index is 13.3. The van der Waals surface area contributed by atoms with Gasteiger partial charge in [-0.25, -0.2) is 0 Å². The Morgan fingerprint density at radius 1 is 0.917 bits per heavy atom. The van der Waals surface area contributed by atoms with Crippen LogP contribution in [0, 0.1) is 35.5 Å². The minimum absolute atomic E-state index is 0.00901. The normalized spacial score (nSPS) is 36.9. The van der Waals surface area contributed by atoms with Crippen molar-refractivity contribution in [2.24, 2.45) is 35.5 Å². The molecular weight excluding hydrogens is 472 g/mol. The molecule has 0 spiro atoms. The van der Waals surface area contributed by atoms with Crippen molar-refractivity contribution in [2.75, 3.05) is 44.2 Å². The Labute approximate surface area is 216 Å². The van der Waals surface area contributed by atoms with E-state index in [-0.39, 0.29) is 35.5 Å². The second-order valence-corrected chi connectivity index (χ2v) is 12.7. The predicted molar refractivity (Wildman–Crippen MR) is 140 cm³/mol. The van der Waals surface area contributed by atoms with Gasteiger partial charge in [-0.3, -0.25) is 19.4 Å². The molecule has 1 N–H and O–H groups in total. The van der Waals surface area contributed by atoms with E-state index in [1.807, 2.05) is 0 Å². The van der Waals surface area contributed by atoms with E-state index in [4.69, 9.17) is 4.37 Å². The molecule has 7 atom stereocenters. The average Bonchev–Trinajstić information content (AvgIpc) is 3.64. The number of benzene rings is 1. The SMILES string of the molecule is O=C1C2C3CC(O)C(C3)C2C(=O)N1CC1CCCCC1CN1CCN(c2nsc3ccccc23)CC1. The summed E-state index contributed by atoms with van der Waals surface area (Å²) in [6.45, 7) is 5.69. The number of hydrogen-bond donors (Lipinski definition) is 1. The first-order chi connectivity index (χ1) is 17.6. The van der Waals surface area contributed by atoms with Crippen molar-refractivity contribution in [2.45, 2.75) is 44.6 Å². The molecule has 192 valence electrons. The van der Waals surface area contributed by atoms with E-state index < -0.39 is 6.10 Å². The summed E-state index contributed by atoms with van der Waals surface area (Å²) in [4.78, 5) is 33.3. The largest absolute Gasteiger partial charge is 0.393 e. The molecule has 0 radical (unpaired) electrons. The molecule has 2 amide bonds. The van der Waals surface area contributed by atoms with Crippen LogP contribution in [0.4, 0.5) is 5.82 Å². The Kier molecular flexibility index (Phi) is 5.82. The lowest BCUT2D eigenvalue weighted by molar-refractivity contribution is -0.142. The maximum Gasteiger partial charge on any atom is 0.233 e. The smallest absolute Gasteiger partial charge is 0.233 e. The lowest BCUT2D eigenvalue weighted by Gasteiger charge is -2.40. The van der Waals surface area contributed by atoms with Crippen LogP contribution in [0.25, 0.3) is 10.1 Å². The van der Waals surface area contributed by atoms with Crippen LogP contribution in [-0.4, -0.2) is 76.5 Å². The molecule has 36 heavy (non-hydrogen) atoms. The summed E-state index contributed by atoms with van der Waals surface area (Å²) in [5, 5.41) is 11.6. The Morgan fingerprint density at radius 3 is 2.44 bits per heavy atom. The molecule has 3 heterocycles. The van der Waals surface area contributed by atoms with Gasteiger partial charge in [-0.05, 0) is 73.0 Å². The monoisotopic (exact) mass is 508 g/mol. The van der Waals surface area contributed by atoms with Gasteiger partial charge in [0.1, 0.15) is 5.82 Å². The molecule has 5 aliphatic rings. The topological polar surface area (TPSA) is 77.0 Å². The highest BCUT2D eigenvalue weighted by molar-refractivity contribution is 7.13. The van der Waals surface area contributed by atoms with Crippen LogP contribution >= 0.6 is 11.5 Å². The summed E-state index contributed by atoms with van der Waals surface area (Å²) in [6, 6.07) is 8.49. The average molecular weight is 509 g/mol. The Bertz CT molecular complexity index is 1160.